The monoisotopic (exact) mass is 231 g/mol. The first kappa shape index (κ1) is 15.4. The van der Waals surface area contributed by atoms with Crippen molar-refractivity contribution in [2.45, 2.75) is 58.5 Å². The standard InChI is InChI=1S/C12H25NO3/c1-4-5-6-8-16-9-7-11(12(14)15)13-10(2)3/h10-11,13H,4-9H2,1-3H3,(H,14,15). The van der Waals surface area contributed by atoms with Crippen molar-refractivity contribution in [2.75, 3.05) is 13.2 Å². The number of hydrogen-bond acceptors (Lipinski definition) is 3. The van der Waals surface area contributed by atoms with Crippen LogP contribution in [0.3, 0.4) is 0 Å². The molecule has 0 saturated heterocycles. The van der Waals surface area contributed by atoms with Crippen LogP contribution in [0.25, 0.3) is 0 Å². The third-order valence-electron chi connectivity index (χ3n) is 2.28. The molecule has 0 amide bonds. The van der Waals surface area contributed by atoms with E-state index in [9.17, 15) is 4.79 Å². The molecule has 2 N–H and O–H groups in total. The fourth-order valence-corrected chi connectivity index (χ4v) is 1.44. The average Bonchev–Trinajstić information content (AvgIpc) is 2.20. The summed E-state index contributed by atoms with van der Waals surface area (Å²) < 4.78 is 5.39. The van der Waals surface area contributed by atoms with Crippen molar-refractivity contribution in [3.63, 3.8) is 0 Å². The molecule has 0 aliphatic carbocycles. The van der Waals surface area contributed by atoms with Crippen LogP contribution in [0.4, 0.5) is 0 Å². The summed E-state index contributed by atoms with van der Waals surface area (Å²) in [6.07, 6.45) is 3.94. The van der Waals surface area contributed by atoms with E-state index in [0.29, 0.717) is 13.0 Å². The Morgan fingerprint density at radius 2 is 2.00 bits per heavy atom. The van der Waals surface area contributed by atoms with Gasteiger partial charge in [0.1, 0.15) is 6.04 Å². The number of nitrogens with one attached hydrogen (secondary N) is 1. The number of aliphatic carboxylic acids is 1. The summed E-state index contributed by atoms with van der Waals surface area (Å²) in [5.41, 5.74) is 0. The van der Waals surface area contributed by atoms with Gasteiger partial charge in [-0.05, 0) is 12.8 Å². The molecule has 0 spiro atoms. The lowest BCUT2D eigenvalue weighted by Gasteiger charge is -2.17. The minimum absolute atomic E-state index is 0.182. The van der Waals surface area contributed by atoms with Crippen LogP contribution in [0.2, 0.25) is 0 Å². The molecule has 1 atom stereocenters. The van der Waals surface area contributed by atoms with Crippen molar-refractivity contribution in [3.8, 4) is 0 Å². The number of unbranched alkanes of at least 4 members (excludes halogenated alkanes) is 2. The van der Waals surface area contributed by atoms with E-state index in [1.807, 2.05) is 13.8 Å². The molecule has 4 heteroatoms. The van der Waals surface area contributed by atoms with Crippen molar-refractivity contribution >= 4 is 5.97 Å². The van der Waals surface area contributed by atoms with E-state index in [1.165, 1.54) is 12.8 Å². The Morgan fingerprint density at radius 1 is 1.31 bits per heavy atom. The van der Waals surface area contributed by atoms with Crippen molar-refractivity contribution in [1.82, 2.24) is 5.32 Å². The molecule has 4 nitrogen and oxygen atoms in total. The Hall–Kier alpha value is -0.610. The minimum Gasteiger partial charge on any atom is -0.480 e. The molecule has 0 aliphatic rings. The number of rotatable bonds is 10. The number of carboxylic acids is 1. The van der Waals surface area contributed by atoms with E-state index in [-0.39, 0.29) is 6.04 Å². The zero-order valence-electron chi connectivity index (χ0n) is 10.7. The Morgan fingerprint density at radius 3 is 2.50 bits per heavy atom. The van der Waals surface area contributed by atoms with Crippen LogP contribution in [0.1, 0.15) is 46.5 Å². The van der Waals surface area contributed by atoms with Gasteiger partial charge in [0.05, 0.1) is 0 Å². The highest BCUT2D eigenvalue weighted by molar-refractivity contribution is 5.73. The third kappa shape index (κ3) is 8.68. The fraction of sp³-hybridized carbons (Fsp3) is 0.917. The van der Waals surface area contributed by atoms with Crippen molar-refractivity contribution in [1.29, 1.82) is 0 Å². The van der Waals surface area contributed by atoms with Gasteiger partial charge in [-0.2, -0.15) is 0 Å². The SMILES string of the molecule is CCCCCOCCC(NC(C)C)C(=O)O. The van der Waals surface area contributed by atoms with Crippen LogP contribution in [0.5, 0.6) is 0 Å². The second-order valence-electron chi connectivity index (χ2n) is 4.32. The van der Waals surface area contributed by atoms with Gasteiger partial charge < -0.3 is 15.2 Å². The topological polar surface area (TPSA) is 58.6 Å². The third-order valence-corrected chi connectivity index (χ3v) is 2.28. The zero-order valence-corrected chi connectivity index (χ0v) is 10.7. The van der Waals surface area contributed by atoms with Crippen LogP contribution in [-0.4, -0.2) is 36.4 Å². The number of hydrogen-bond donors (Lipinski definition) is 2. The molecule has 1 unspecified atom stereocenters. The summed E-state index contributed by atoms with van der Waals surface area (Å²) >= 11 is 0. The van der Waals surface area contributed by atoms with Crippen LogP contribution in [0.15, 0.2) is 0 Å². The highest BCUT2D eigenvalue weighted by Gasteiger charge is 2.17. The second kappa shape index (κ2) is 9.60. The Balaban J connectivity index is 3.57. The molecule has 0 aliphatic heterocycles. The first-order chi connectivity index (χ1) is 7.57. The maximum Gasteiger partial charge on any atom is 0.320 e. The predicted molar refractivity (Wildman–Crippen MR) is 64.7 cm³/mol. The van der Waals surface area contributed by atoms with Gasteiger partial charge in [-0.25, -0.2) is 0 Å². The Kier molecular flexibility index (Phi) is 9.24. The van der Waals surface area contributed by atoms with Gasteiger partial charge in [0.25, 0.3) is 0 Å². The average molecular weight is 231 g/mol. The molecule has 0 heterocycles. The van der Waals surface area contributed by atoms with Gasteiger partial charge in [-0.15, -0.1) is 0 Å². The van der Waals surface area contributed by atoms with E-state index in [1.54, 1.807) is 0 Å². The lowest BCUT2D eigenvalue weighted by molar-refractivity contribution is -0.140. The summed E-state index contributed by atoms with van der Waals surface area (Å²) in [5, 5.41) is 11.9. The molecule has 0 radical (unpaired) electrons. The fourth-order valence-electron chi connectivity index (χ4n) is 1.44. The Bertz CT molecular complexity index is 183. The molecule has 0 aromatic rings. The molecule has 0 fully saturated rings. The van der Waals surface area contributed by atoms with Crippen LogP contribution < -0.4 is 5.32 Å². The summed E-state index contributed by atoms with van der Waals surface area (Å²) in [7, 11) is 0. The summed E-state index contributed by atoms with van der Waals surface area (Å²) in [5.74, 6) is -0.800. The smallest absolute Gasteiger partial charge is 0.320 e. The highest BCUT2D eigenvalue weighted by Crippen LogP contribution is 1.98. The van der Waals surface area contributed by atoms with E-state index < -0.39 is 12.0 Å². The maximum atomic E-state index is 10.9. The number of carboxylic acid groups (broad SMARTS) is 1. The van der Waals surface area contributed by atoms with E-state index >= 15 is 0 Å². The van der Waals surface area contributed by atoms with Crippen LogP contribution >= 0.6 is 0 Å². The lowest BCUT2D eigenvalue weighted by atomic mass is 10.2. The molecule has 0 bridgehead atoms. The number of carbonyl (C=O) groups is 1. The van der Waals surface area contributed by atoms with Gasteiger partial charge in [0.2, 0.25) is 0 Å². The van der Waals surface area contributed by atoms with E-state index in [4.69, 9.17) is 9.84 Å². The van der Waals surface area contributed by atoms with Crippen LogP contribution in [0, 0.1) is 0 Å². The van der Waals surface area contributed by atoms with Crippen LogP contribution in [-0.2, 0) is 9.53 Å². The first-order valence-electron chi connectivity index (χ1n) is 6.14. The van der Waals surface area contributed by atoms with Crippen molar-refractivity contribution in [3.05, 3.63) is 0 Å². The normalized spacial score (nSPS) is 13.0. The van der Waals surface area contributed by atoms with E-state index in [0.717, 1.165) is 13.0 Å². The van der Waals surface area contributed by atoms with E-state index in [2.05, 4.69) is 12.2 Å². The zero-order chi connectivity index (χ0) is 12.4. The predicted octanol–water partition coefficient (Wildman–Crippen LogP) is 2.03. The number of ether oxygens (including phenoxy) is 1. The van der Waals surface area contributed by atoms with Gasteiger partial charge in [0, 0.05) is 19.3 Å². The molecule has 0 saturated carbocycles. The summed E-state index contributed by atoms with van der Waals surface area (Å²) in [6, 6.07) is -0.313. The molecule has 0 aromatic heterocycles. The second-order valence-corrected chi connectivity index (χ2v) is 4.32. The largest absolute Gasteiger partial charge is 0.480 e. The molecular weight excluding hydrogens is 206 g/mol. The first-order valence-corrected chi connectivity index (χ1v) is 6.14. The summed E-state index contributed by atoms with van der Waals surface area (Å²) in [6.45, 7) is 7.28. The summed E-state index contributed by atoms with van der Waals surface area (Å²) in [4.78, 5) is 10.9. The molecule has 0 aromatic carbocycles. The Labute approximate surface area is 98.4 Å². The molecule has 0 rings (SSSR count). The van der Waals surface area contributed by atoms with Gasteiger partial charge in [-0.3, -0.25) is 4.79 Å². The maximum absolute atomic E-state index is 10.9. The van der Waals surface area contributed by atoms with Crippen molar-refractivity contribution in [2.24, 2.45) is 0 Å². The molecule has 16 heavy (non-hydrogen) atoms. The highest BCUT2D eigenvalue weighted by atomic mass is 16.5. The molecular formula is C12H25NO3. The lowest BCUT2D eigenvalue weighted by Crippen LogP contribution is -2.41. The van der Waals surface area contributed by atoms with Crippen molar-refractivity contribution < 1.29 is 14.6 Å². The minimum atomic E-state index is -0.800. The quantitative estimate of drug-likeness (QED) is 0.565. The van der Waals surface area contributed by atoms with Gasteiger partial charge >= 0.3 is 5.97 Å². The van der Waals surface area contributed by atoms with Gasteiger partial charge in [0.15, 0.2) is 0 Å². The van der Waals surface area contributed by atoms with Gasteiger partial charge in [-0.1, -0.05) is 33.6 Å². The molecule has 96 valence electrons.